The number of benzene rings is 1. The minimum Gasteiger partial charge on any atom is -0.492 e. The lowest BCUT2D eigenvalue weighted by Gasteiger charge is -2.14. The van der Waals surface area contributed by atoms with Crippen molar-refractivity contribution in [2.45, 2.75) is 26.4 Å². The van der Waals surface area contributed by atoms with E-state index in [1.807, 2.05) is 26.0 Å². The molecular formula is C23H27N3O4. The third-order valence-corrected chi connectivity index (χ3v) is 4.82. The molecule has 0 saturated carbocycles. The standard InChI is InChI=1S/C23H27N3O4/c1-16-3-4-17(2)26(16)22-10-7-19(14-25-22)21(27)15-24-11-12-30-20-8-5-18(6-9-20)13-23(28)29/h3-10,14,21,24,27H,11-13,15H2,1-2H3,(H,28,29). The van der Waals surface area contributed by atoms with Gasteiger partial charge in [-0.15, -0.1) is 0 Å². The van der Waals surface area contributed by atoms with Crippen molar-refractivity contribution in [3.05, 3.63) is 77.2 Å². The van der Waals surface area contributed by atoms with Crippen LogP contribution in [0.15, 0.2) is 54.7 Å². The Labute approximate surface area is 176 Å². The summed E-state index contributed by atoms with van der Waals surface area (Å²) in [6, 6.07) is 14.9. The van der Waals surface area contributed by atoms with Crippen molar-refractivity contribution >= 4 is 5.97 Å². The van der Waals surface area contributed by atoms with Crippen molar-refractivity contribution < 1.29 is 19.7 Å². The van der Waals surface area contributed by atoms with Crippen LogP contribution in [0.1, 0.15) is 28.6 Å². The first-order valence-corrected chi connectivity index (χ1v) is 9.87. The number of nitrogens with one attached hydrogen (secondary N) is 1. The molecule has 0 amide bonds. The van der Waals surface area contributed by atoms with Gasteiger partial charge in [0.25, 0.3) is 0 Å². The Bertz CT molecular complexity index is 946. The summed E-state index contributed by atoms with van der Waals surface area (Å²) in [6.07, 6.45) is 1.05. The van der Waals surface area contributed by atoms with Crippen LogP contribution in [-0.4, -0.2) is 45.4 Å². The predicted molar refractivity (Wildman–Crippen MR) is 114 cm³/mol. The Hall–Kier alpha value is -3.16. The molecule has 3 aromatic rings. The van der Waals surface area contributed by atoms with Crippen LogP contribution in [0, 0.1) is 13.8 Å². The number of pyridine rings is 1. The maximum Gasteiger partial charge on any atom is 0.307 e. The van der Waals surface area contributed by atoms with Crippen LogP contribution >= 0.6 is 0 Å². The number of hydrogen-bond donors (Lipinski definition) is 3. The highest BCUT2D eigenvalue weighted by Crippen LogP contribution is 2.17. The van der Waals surface area contributed by atoms with Gasteiger partial charge in [-0.3, -0.25) is 4.79 Å². The van der Waals surface area contributed by atoms with Gasteiger partial charge in [-0.1, -0.05) is 18.2 Å². The van der Waals surface area contributed by atoms with Crippen molar-refractivity contribution in [2.24, 2.45) is 0 Å². The van der Waals surface area contributed by atoms with E-state index in [-0.39, 0.29) is 6.42 Å². The fourth-order valence-corrected chi connectivity index (χ4v) is 3.23. The molecule has 0 bridgehead atoms. The van der Waals surface area contributed by atoms with Gasteiger partial charge in [0.05, 0.1) is 12.5 Å². The van der Waals surface area contributed by atoms with Crippen LogP contribution in [0.4, 0.5) is 0 Å². The van der Waals surface area contributed by atoms with Gasteiger partial charge in [0, 0.05) is 36.2 Å². The second kappa shape index (κ2) is 10.0. The minimum atomic E-state index is -0.855. The first kappa shape index (κ1) is 21.5. The zero-order chi connectivity index (χ0) is 21.5. The van der Waals surface area contributed by atoms with Gasteiger partial charge in [-0.25, -0.2) is 4.98 Å². The van der Waals surface area contributed by atoms with Crippen LogP contribution in [0.25, 0.3) is 5.82 Å². The zero-order valence-corrected chi connectivity index (χ0v) is 17.2. The average Bonchev–Trinajstić information content (AvgIpc) is 3.06. The molecule has 0 saturated heterocycles. The van der Waals surface area contributed by atoms with Crippen molar-refractivity contribution in [1.29, 1.82) is 0 Å². The fraction of sp³-hybridized carbons (Fsp3) is 0.304. The van der Waals surface area contributed by atoms with E-state index in [4.69, 9.17) is 9.84 Å². The Morgan fingerprint density at radius 3 is 2.40 bits per heavy atom. The number of carboxylic acid groups (broad SMARTS) is 1. The largest absolute Gasteiger partial charge is 0.492 e. The normalized spacial score (nSPS) is 12.0. The number of carbonyl (C=O) groups is 1. The zero-order valence-electron chi connectivity index (χ0n) is 17.2. The highest BCUT2D eigenvalue weighted by atomic mass is 16.5. The van der Waals surface area contributed by atoms with E-state index in [0.717, 1.165) is 28.3 Å². The molecule has 0 radical (unpaired) electrons. The molecule has 7 nitrogen and oxygen atoms in total. The van der Waals surface area contributed by atoms with Crippen LogP contribution in [0.3, 0.4) is 0 Å². The van der Waals surface area contributed by atoms with Crippen LogP contribution < -0.4 is 10.1 Å². The molecule has 1 atom stereocenters. The van der Waals surface area contributed by atoms with E-state index < -0.39 is 12.1 Å². The van der Waals surface area contributed by atoms with Crippen molar-refractivity contribution in [1.82, 2.24) is 14.9 Å². The highest BCUT2D eigenvalue weighted by molar-refractivity contribution is 5.70. The second-order valence-electron chi connectivity index (χ2n) is 7.18. The monoisotopic (exact) mass is 409 g/mol. The summed E-state index contributed by atoms with van der Waals surface area (Å²) in [5, 5.41) is 22.3. The molecule has 0 aliphatic heterocycles. The lowest BCUT2D eigenvalue weighted by Crippen LogP contribution is -2.26. The third-order valence-electron chi connectivity index (χ3n) is 4.82. The number of aliphatic carboxylic acids is 1. The van der Waals surface area contributed by atoms with Crippen LogP contribution in [0.2, 0.25) is 0 Å². The summed E-state index contributed by atoms with van der Waals surface area (Å²) >= 11 is 0. The minimum absolute atomic E-state index is 0.000205. The Morgan fingerprint density at radius 2 is 1.80 bits per heavy atom. The predicted octanol–water partition coefficient (Wildman–Crippen LogP) is 2.82. The maximum atomic E-state index is 10.7. The van der Waals surface area contributed by atoms with Gasteiger partial charge in [0.2, 0.25) is 0 Å². The van der Waals surface area contributed by atoms with E-state index in [9.17, 15) is 9.90 Å². The van der Waals surface area contributed by atoms with E-state index in [1.54, 1.807) is 30.5 Å². The number of nitrogens with zero attached hydrogens (tertiary/aromatic N) is 2. The fourth-order valence-electron chi connectivity index (χ4n) is 3.23. The Balaban J connectivity index is 1.41. The molecule has 7 heteroatoms. The molecule has 1 aromatic carbocycles. The van der Waals surface area contributed by atoms with E-state index in [0.29, 0.717) is 25.4 Å². The lowest BCUT2D eigenvalue weighted by atomic mass is 10.1. The van der Waals surface area contributed by atoms with Gasteiger partial charge in [-0.2, -0.15) is 0 Å². The first-order chi connectivity index (χ1) is 14.4. The Morgan fingerprint density at radius 1 is 1.10 bits per heavy atom. The SMILES string of the molecule is Cc1ccc(C)n1-c1ccc(C(O)CNCCOc2ccc(CC(=O)O)cc2)cn1. The number of aromatic nitrogens is 2. The van der Waals surface area contributed by atoms with Crippen molar-refractivity contribution in [3.63, 3.8) is 0 Å². The second-order valence-corrected chi connectivity index (χ2v) is 7.18. The molecule has 2 heterocycles. The number of hydrogen-bond acceptors (Lipinski definition) is 5. The molecule has 0 aliphatic rings. The van der Waals surface area contributed by atoms with Gasteiger partial charge in [0.1, 0.15) is 18.2 Å². The molecule has 0 spiro atoms. The summed E-state index contributed by atoms with van der Waals surface area (Å²) in [4.78, 5) is 15.2. The Kier molecular flexibility index (Phi) is 7.21. The summed E-state index contributed by atoms with van der Waals surface area (Å²) in [5.41, 5.74) is 3.72. The molecule has 2 aromatic heterocycles. The van der Waals surface area contributed by atoms with Crippen molar-refractivity contribution in [2.75, 3.05) is 19.7 Å². The van der Waals surface area contributed by atoms with Crippen molar-refractivity contribution in [3.8, 4) is 11.6 Å². The molecule has 3 rings (SSSR count). The molecule has 0 aliphatic carbocycles. The maximum absolute atomic E-state index is 10.7. The van der Waals surface area contributed by atoms with E-state index in [2.05, 4.69) is 27.0 Å². The summed E-state index contributed by atoms with van der Waals surface area (Å²) in [7, 11) is 0. The van der Waals surface area contributed by atoms with Gasteiger partial charge >= 0.3 is 5.97 Å². The highest BCUT2D eigenvalue weighted by Gasteiger charge is 2.10. The average molecular weight is 409 g/mol. The number of aliphatic hydroxyl groups excluding tert-OH is 1. The number of ether oxygens (including phenoxy) is 1. The molecular weight excluding hydrogens is 382 g/mol. The molecule has 0 fully saturated rings. The van der Waals surface area contributed by atoms with Crippen LogP contribution in [0.5, 0.6) is 5.75 Å². The number of carboxylic acids is 1. The smallest absolute Gasteiger partial charge is 0.307 e. The van der Waals surface area contributed by atoms with Crippen LogP contribution in [-0.2, 0) is 11.2 Å². The van der Waals surface area contributed by atoms with E-state index in [1.165, 1.54) is 0 Å². The molecule has 30 heavy (non-hydrogen) atoms. The third kappa shape index (κ3) is 5.68. The summed E-state index contributed by atoms with van der Waals surface area (Å²) in [6.45, 7) is 5.47. The van der Waals surface area contributed by atoms with Gasteiger partial charge in [0.15, 0.2) is 0 Å². The first-order valence-electron chi connectivity index (χ1n) is 9.87. The van der Waals surface area contributed by atoms with Gasteiger partial charge < -0.3 is 24.8 Å². The quantitative estimate of drug-likeness (QED) is 0.446. The number of rotatable bonds is 10. The number of aliphatic hydroxyl groups is 1. The molecule has 158 valence electrons. The number of aryl methyl sites for hydroxylation is 2. The molecule has 1 unspecified atom stereocenters. The van der Waals surface area contributed by atoms with Gasteiger partial charge in [-0.05, 0) is 49.7 Å². The summed E-state index contributed by atoms with van der Waals surface area (Å²) in [5.74, 6) is 0.662. The topological polar surface area (TPSA) is 96.6 Å². The van der Waals surface area contributed by atoms with E-state index >= 15 is 0 Å². The lowest BCUT2D eigenvalue weighted by molar-refractivity contribution is -0.136. The molecule has 3 N–H and O–H groups in total. The summed E-state index contributed by atoms with van der Waals surface area (Å²) < 4.78 is 7.70.